The molecular weight excluding hydrogens is 321 g/mol. The van der Waals surface area contributed by atoms with Crippen LogP contribution in [0.25, 0.3) is 0 Å². The van der Waals surface area contributed by atoms with Gasteiger partial charge in [0.2, 0.25) is 5.91 Å². The summed E-state index contributed by atoms with van der Waals surface area (Å²) >= 11 is 0. The van der Waals surface area contributed by atoms with E-state index < -0.39 is 5.41 Å². The number of hydrogen-bond donors (Lipinski definition) is 1. The van der Waals surface area contributed by atoms with Crippen LogP contribution in [0.4, 0.5) is 4.39 Å². The van der Waals surface area contributed by atoms with E-state index in [-0.39, 0.29) is 11.7 Å². The topological polar surface area (TPSA) is 47.6 Å². The molecule has 0 unspecified atom stereocenters. The Hall–Kier alpha value is -2.56. The SMILES string of the molecule is CC(C)(C(=O)NCCc1ccccc1F)c1ccc2c(c1)OCCO2. The number of benzene rings is 2. The van der Waals surface area contributed by atoms with Crippen molar-refractivity contribution in [2.45, 2.75) is 25.7 Å². The van der Waals surface area contributed by atoms with E-state index in [0.29, 0.717) is 43.2 Å². The van der Waals surface area contributed by atoms with E-state index in [2.05, 4.69) is 5.32 Å². The van der Waals surface area contributed by atoms with E-state index in [9.17, 15) is 9.18 Å². The second-order valence-electron chi connectivity index (χ2n) is 6.58. The maximum atomic E-state index is 13.6. The number of carbonyl (C=O) groups excluding carboxylic acids is 1. The lowest BCUT2D eigenvalue weighted by atomic mass is 9.83. The number of fused-ring (bicyclic) bond motifs is 1. The molecule has 1 heterocycles. The van der Waals surface area contributed by atoms with Crippen LogP contribution in [-0.2, 0) is 16.6 Å². The summed E-state index contributed by atoms with van der Waals surface area (Å²) in [5.41, 5.74) is 0.713. The molecule has 1 aliphatic rings. The van der Waals surface area contributed by atoms with Crippen molar-refractivity contribution in [1.82, 2.24) is 5.32 Å². The van der Waals surface area contributed by atoms with E-state index in [1.165, 1.54) is 6.07 Å². The number of carbonyl (C=O) groups is 1. The van der Waals surface area contributed by atoms with Gasteiger partial charge in [-0.3, -0.25) is 4.79 Å². The first-order chi connectivity index (χ1) is 12.0. The number of rotatable bonds is 5. The molecule has 1 aliphatic heterocycles. The monoisotopic (exact) mass is 343 g/mol. The van der Waals surface area contributed by atoms with Gasteiger partial charge in [0.15, 0.2) is 11.5 Å². The van der Waals surface area contributed by atoms with Gasteiger partial charge in [-0.05, 0) is 49.6 Å². The van der Waals surface area contributed by atoms with E-state index in [1.807, 2.05) is 32.0 Å². The molecule has 132 valence electrons. The maximum Gasteiger partial charge on any atom is 0.230 e. The molecule has 0 atom stereocenters. The average Bonchev–Trinajstić information content (AvgIpc) is 2.62. The van der Waals surface area contributed by atoms with Crippen LogP contribution >= 0.6 is 0 Å². The third-order valence-electron chi connectivity index (χ3n) is 4.47. The number of ether oxygens (including phenoxy) is 2. The normalized spacial score (nSPS) is 13.4. The van der Waals surface area contributed by atoms with E-state index in [1.54, 1.807) is 18.2 Å². The first-order valence-corrected chi connectivity index (χ1v) is 8.40. The lowest BCUT2D eigenvalue weighted by Crippen LogP contribution is -2.41. The first-order valence-electron chi connectivity index (χ1n) is 8.40. The van der Waals surface area contributed by atoms with Gasteiger partial charge in [0.25, 0.3) is 0 Å². The molecule has 4 nitrogen and oxygen atoms in total. The second-order valence-corrected chi connectivity index (χ2v) is 6.58. The molecule has 0 fully saturated rings. The molecule has 0 saturated carbocycles. The Labute approximate surface area is 147 Å². The van der Waals surface area contributed by atoms with Gasteiger partial charge in [-0.2, -0.15) is 0 Å². The molecule has 2 aromatic rings. The Morgan fingerprint density at radius 1 is 1.12 bits per heavy atom. The Kier molecular flexibility index (Phi) is 4.93. The number of hydrogen-bond acceptors (Lipinski definition) is 3. The molecule has 1 amide bonds. The van der Waals surface area contributed by atoms with E-state index in [4.69, 9.17) is 9.47 Å². The summed E-state index contributed by atoms with van der Waals surface area (Å²) in [5, 5.41) is 2.90. The van der Waals surface area contributed by atoms with Gasteiger partial charge in [0, 0.05) is 6.54 Å². The minimum atomic E-state index is -0.731. The summed E-state index contributed by atoms with van der Waals surface area (Å²) < 4.78 is 24.7. The molecule has 1 N–H and O–H groups in total. The third kappa shape index (κ3) is 3.76. The van der Waals surface area contributed by atoms with Crippen molar-refractivity contribution in [3.63, 3.8) is 0 Å². The van der Waals surface area contributed by atoms with Crippen molar-refractivity contribution in [2.75, 3.05) is 19.8 Å². The van der Waals surface area contributed by atoms with Crippen LogP contribution in [0.1, 0.15) is 25.0 Å². The van der Waals surface area contributed by atoms with Crippen LogP contribution in [0.3, 0.4) is 0 Å². The standard InChI is InChI=1S/C20H22FNO3/c1-20(2,15-7-8-17-18(13-15)25-12-11-24-17)19(23)22-10-9-14-5-3-4-6-16(14)21/h3-8,13H,9-12H2,1-2H3,(H,22,23). The van der Waals surface area contributed by atoms with Crippen molar-refractivity contribution in [1.29, 1.82) is 0 Å². The fourth-order valence-corrected chi connectivity index (χ4v) is 2.80. The highest BCUT2D eigenvalue weighted by Crippen LogP contribution is 2.35. The minimum absolute atomic E-state index is 0.111. The molecule has 5 heteroatoms. The summed E-state index contributed by atoms with van der Waals surface area (Å²) in [6.07, 6.45) is 0.454. The highest BCUT2D eigenvalue weighted by Gasteiger charge is 2.31. The number of nitrogens with one attached hydrogen (secondary N) is 1. The highest BCUT2D eigenvalue weighted by atomic mass is 19.1. The minimum Gasteiger partial charge on any atom is -0.486 e. The number of amides is 1. The largest absolute Gasteiger partial charge is 0.486 e. The zero-order valence-electron chi connectivity index (χ0n) is 14.5. The predicted molar refractivity (Wildman–Crippen MR) is 93.6 cm³/mol. The van der Waals surface area contributed by atoms with Gasteiger partial charge in [0.05, 0.1) is 5.41 Å². The van der Waals surface area contributed by atoms with Crippen molar-refractivity contribution < 1.29 is 18.7 Å². The number of halogens is 1. The maximum absolute atomic E-state index is 13.6. The van der Waals surface area contributed by atoms with Crippen molar-refractivity contribution >= 4 is 5.91 Å². The average molecular weight is 343 g/mol. The molecule has 3 rings (SSSR count). The van der Waals surface area contributed by atoms with Gasteiger partial charge >= 0.3 is 0 Å². The van der Waals surface area contributed by atoms with Gasteiger partial charge in [0.1, 0.15) is 19.0 Å². The van der Waals surface area contributed by atoms with Gasteiger partial charge in [-0.25, -0.2) is 4.39 Å². The third-order valence-corrected chi connectivity index (χ3v) is 4.47. The Morgan fingerprint density at radius 2 is 1.84 bits per heavy atom. The molecule has 0 radical (unpaired) electrons. The summed E-state index contributed by atoms with van der Waals surface area (Å²) in [6, 6.07) is 12.2. The summed E-state index contributed by atoms with van der Waals surface area (Å²) in [6.45, 7) is 5.14. The van der Waals surface area contributed by atoms with Gasteiger partial charge < -0.3 is 14.8 Å². The molecule has 0 aromatic heterocycles. The lowest BCUT2D eigenvalue weighted by Gasteiger charge is -2.26. The lowest BCUT2D eigenvalue weighted by molar-refractivity contribution is -0.125. The van der Waals surface area contributed by atoms with E-state index in [0.717, 1.165) is 5.56 Å². The molecule has 2 aromatic carbocycles. The predicted octanol–water partition coefficient (Wildman–Crippen LogP) is 3.23. The zero-order chi connectivity index (χ0) is 17.9. The fourth-order valence-electron chi connectivity index (χ4n) is 2.80. The van der Waals surface area contributed by atoms with Crippen molar-refractivity contribution in [3.05, 3.63) is 59.4 Å². The first kappa shape index (κ1) is 17.3. The molecule has 0 spiro atoms. The summed E-state index contributed by atoms with van der Waals surface area (Å²) in [7, 11) is 0. The molecule has 0 saturated heterocycles. The molecule has 0 bridgehead atoms. The van der Waals surface area contributed by atoms with Crippen LogP contribution in [0.5, 0.6) is 11.5 Å². The zero-order valence-corrected chi connectivity index (χ0v) is 14.5. The smallest absolute Gasteiger partial charge is 0.230 e. The molecule has 0 aliphatic carbocycles. The van der Waals surface area contributed by atoms with Crippen molar-refractivity contribution in [3.8, 4) is 11.5 Å². The fraction of sp³-hybridized carbons (Fsp3) is 0.350. The van der Waals surface area contributed by atoms with Crippen LogP contribution < -0.4 is 14.8 Å². The Morgan fingerprint density at radius 3 is 2.60 bits per heavy atom. The van der Waals surface area contributed by atoms with Crippen LogP contribution in [-0.4, -0.2) is 25.7 Å². The van der Waals surface area contributed by atoms with E-state index >= 15 is 0 Å². The quantitative estimate of drug-likeness (QED) is 0.907. The summed E-state index contributed by atoms with van der Waals surface area (Å²) in [5.74, 6) is 1.00. The molecular formula is C20H22FNO3. The second kappa shape index (κ2) is 7.13. The molecule has 25 heavy (non-hydrogen) atoms. The Balaban J connectivity index is 1.65. The van der Waals surface area contributed by atoms with Crippen molar-refractivity contribution in [2.24, 2.45) is 0 Å². The Bertz CT molecular complexity index is 773. The van der Waals surface area contributed by atoms with Gasteiger partial charge in [-0.15, -0.1) is 0 Å². The van der Waals surface area contributed by atoms with Crippen LogP contribution in [0.2, 0.25) is 0 Å². The highest BCUT2D eigenvalue weighted by molar-refractivity contribution is 5.87. The van der Waals surface area contributed by atoms with Crippen LogP contribution in [0, 0.1) is 5.82 Å². The van der Waals surface area contributed by atoms with Crippen LogP contribution in [0.15, 0.2) is 42.5 Å². The summed E-state index contributed by atoms with van der Waals surface area (Å²) in [4.78, 5) is 12.6. The van der Waals surface area contributed by atoms with Gasteiger partial charge in [-0.1, -0.05) is 24.3 Å².